The molecule has 2 aliphatic rings. The van der Waals surface area contributed by atoms with Gasteiger partial charge >= 0.3 is 0 Å². The van der Waals surface area contributed by atoms with E-state index in [1.54, 1.807) is 35.6 Å². The van der Waals surface area contributed by atoms with Gasteiger partial charge in [-0.05, 0) is 69.3 Å². The van der Waals surface area contributed by atoms with Crippen molar-refractivity contribution in [3.05, 3.63) is 87.4 Å². The summed E-state index contributed by atoms with van der Waals surface area (Å²) in [5.41, 5.74) is 2.92. The van der Waals surface area contributed by atoms with Gasteiger partial charge in [0.2, 0.25) is 0 Å². The number of aliphatic hydroxyl groups excluding tert-OH is 1. The molecule has 0 saturated carbocycles. The fourth-order valence-electron chi connectivity index (χ4n) is 5.41. The van der Waals surface area contributed by atoms with Crippen LogP contribution in [0, 0.1) is 6.92 Å². The quantitative estimate of drug-likeness (QED) is 0.421. The van der Waals surface area contributed by atoms with Gasteiger partial charge in [0.25, 0.3) is 11.8 Å². The van der Waals surface area contributed by atoms with E-state index in [1.807, 2.05) is 47.5 Å². The standard InChI is InChI=1S/C29H34N4O3S/c1-19-18-37-28(31-19)25-13-7-15-33(25)29(36)22-11-5-10-21(17-22)27(35)32-24(16-20-8-3-2-4-9-20)26(34)23-12-6-14-30-23/h2-5,8-11,17-18,23-26,30,34H,6-7,12-16H2,1H3,(H,32,35)/t23-,24+,25+,26-/m0/s1. The summed E-state index contributed by atoms with van der Waals surface area (Å²) >= 11 is 1.59. The van der Waals surface area contributed by atoms with Crippen molar-refractivity contribution in [2.45, 2.75) is 63.3 Å². The second-order valence-corrected chi connectivity index (χ2v) is 10.9. The number of amides is 2. The minimum Gasteiger partial charge on any atom is -0.389 e. The molecule has 0 radical (unpaired) electrons. The Hall–Kier alpha value is -3.07. The van der Waals surface area contributed by atoms with E-state index in [1.165, 1.54) is 0 Å². The van der Waals surface area contributed by atoms with Gasteiger partial charge in [-0.2, -0.15) is 0 Å². The maximum atomic E-state index is 13.5. The van der Waals surface area contributed by atoms with Crippen LogP contribution in [0.15, 0.2) is 60.0 Å². The maximum Gasteiger partial charge on any atom is 0.254 e. The summed E-state index contributed by atoms with van der Waals surface area (Å²) in [5.74, 6) is -0.373. The topological polar surface area (TPSA) is 94.6 Å². The molecule has 2 amide bonds. The van der Waals surface area contributed by atoms with Gasteiger partial charge in [0, 0.05) is 34.8 Å². The number of aryl methyl sites for hydroxylation is 1. The molecule has 0 unspecified atom stereocenters. The number of carbonyl (C=O) groups is 2. The second kappa shape index (κ2) is 11.5. The number of hydrogen-bond acceptors (Lipinski definition) is 6. The summed E-state index contributed by atoms with van der Waals surface area (Å²) in [5, 5.41) is 20.6. The molecule has 2 aromatic carbocycles. The highest BCUT2D eigenvalue weighted by Gasteiger charge is 2.34. The summed E-state index contributed by atoms with van der Waals surface area (Å²) in [4.78, 5) is 33.3. The monoisotopic (exact) mass is 518 g/mol. The van der Waals surface area contributed by atoms with Crippen LogP contribution in [-0.2, 0) is 6.42 Å². The van der Waals surface area contributed by atoms with Crippen LogP contribution in [-0.4, -0.2) is 58.1 Å². The second-order valence-electron chi connectivity index (χ2n) is 10.0. The number of rotatable bonds is 8. The SMILES string of the molecule is Cc1csc([C@H]2CCCN2C(=O)c2cccc(C(=O)N[C@H](Cc3ccccc3)[C@@H](O)[C@@H]3CCCN3)c2)n1. The van der Waals surface area contributed by atoms with Gasteiger partial charge in [-0.15, -0.1) is 11.3 Å². The predicted octanol–water partition coefficient (Wildman–Crippen LogP) is 3.88. The van der Waals surface area contributed by atoms with E-state index >= 15 is 0 Å². The molecular weight excluding hydrogens is 484 g/mol. The Morgan fingerprint density at radius 3 is 2.68 bits per heavy atom. The van der Waals surface area contributed by atoms with Gasteiger partial charge in [0.05, 0.1) is 18.2 Å². The highest BCUT2D eigenvalue weighted by molar-refractivity contribution is 7.09. The van der Waals surface area contributed by atoms with Gasteiger partial charge in [0.1, 0.15) is 5.01 Å². The summed E-state index contributed by atoms with van der Waals surface area (Å²) < 4.78 is 0. The lowest BCUT2D eigenvalue weighted by Crippen LogP contribution is -2.52. The van der Waals surface area contributed by atoms with E-state index in [2.05, 4.69) is 15.6 Å². The molecule has 8 heteroatoms. The number of nitrogens with one attached hydrogen (secondary N) is 2. The van der Waals surface area contributed by atoms with Crippen LogP contribution < -0.4 is 10.6 Å². The normalized spacial score (nSPS) is 21.1. The Morgan fingerprint density at radius 2 is 1.95 bits per heavy atom. The van der Waals surface area contributed by atoms with Crippen molar-refractivity contribution in [2.75, 3.05) is 13.1 Å². The van der Waals surface area contributed by atoms with E-state index in [4.69, 9.17) is 0 Å². The zero-order valence-corrected chi connectivity index (χ0v) is 21.9. The van der Waals surface area contributed by atoms with E-state index in [9.17, 15) is 14.7 Å². The van der Waals surface area contributed by atoms with E-state index in [0.717, 1.165) is 48.5 Å². The number of likely N-dealkylation sites (tertiary alicyclic amines) is 1. The lowest BCUT2D eigenvalue weighted by Gasteiger charge is -2.29. The first-order valence-corrected chi connectivity index (χ1v) is 14.0. The fraction of sp³-hybridized carbons (Fsp3) is 0.414. The zero-order chi connectivity index (χ0) is 25.8. The van der Waals surface area contributed by atoms with Gasteiger partial charge in [-0.25, -0.2) is 4.98 Å². The average molecular weight is 519 g/mol. The average Bonchev–Trinajstić information content (AvgIpc) is 3.70. The maximum absolute atomic E-state index is 13.5. The number of benzene rings is 2. The van der Waals surface area contributed by atoms with Crippen molar-refractivity contribution < 1.29 is 14.7 Å². The van der Waals surface area contributed by atoms with Crippen molar-refractivity contribution in [2.24, 2.45) is 0 Å². The van der Waals surface area contributed by atoms with Gasteiger partial charge in [0.15, 0.2) is 0 Å². The molecule has 0 bridgehead atoms. The smallest absolute Gasteiger partial charge is 0.254 e. The molecule has 1 aromatic heterocycles. The number of nitrogens with zero attached hydrogens (tertiary/aromatic N) is 2. The molecule has 4 atom stereocenters. The summed E-state index contributed by atoms with van der Waals surface area (Å²) in [6, 6.07) is 16.3. The fourth-order valence-corrected chi connectivity index (χ4v) is 6.35. The molecule has 3 N–H and O–H groups in total. The number of hydrogen-bond donors (Lipinski definition) is 3. The lowest BCUT2D eigenvalue weighted by atomic mass is 9.95. The molecule has 3 heterocycles. The highest BCUT2D eigenvalue weighted by atomic mass is 32.1. The third kappa shape index (κ3) is 5.92. The minimum atomic E-state index is -0.719. The minimum absolute atomic E-state index is 0.0204. The summed E-state index contributed by atoms with van der Waals surface area (Å²) in [7, 11) is 0. The van der Waals surface area contributed by atoms with Gasteiger partial charge < -0.3 is 20.6 Å². The number of carbonyl (C=O) groups excluding carboxylic acids is 2. The molecular formula is C29H34N4O3S. The van der Waals surface area contributed by atoms with Gasteiger partial charge in [-0.3, -0.25) is 9.59 Å². The number of aliphatic hydroxyl groups is 1. The van der Waals surface area contributed by atoms with Crippen molar-refractivity contribution in [1.82, 2.24) is 20.5 Å². The molecule has 7 nitrogen and oxygen atoms in total. The van der Waals surface area contributed by atoms with E-state index < -0.39 is 12.1 Å². The van der Waals surface area contributed by atoms with E-state index in [-0.39, 0.29) is 23.9 Å². The number of thiazole rings is 1. The predicted molar refractivity (Wildman–Crippen MR) is 145 cm³/mol. The van der Waals surface area contributed by atoms with Crippen LogP contribution in [0.5, 0.6) is 0 Å². The Bertz CT molecular complexity index is 1220. The lowest BCUT2D eigenvalue weighted by molar-refractivity contribution is 0.0733. The molecule has 2 saturated heterocycles. The number of aromatic nitrogens is 1. The van der Waals surface area contributed by atoms with Gasteiger partial charge in [-0.1, -0.05) is 36.4 Å². The van der Waals surface area contributed by atoms with Crippen molar-refractivity contribution in [3.8, 4) is 0 Å². The van der Waals surface area contributed by atoms with Crippen LogP contribution in [0.25, 0.3) is 0 Å². The van der Waals surface area contributed by atoms with Crippen molar-refractivity contribution >= 4 is 23.2 Å². The molecule has 194 valence electrons. The first kappa shape index (κ1) is 25.6. The third-order valence-electron chi connectivity index (χ3n) is 7.35. The molecule has 5 rings (SSSR count). The Labute approximate surface area is 221 Å². The van der Waals surface area contributed by atoms with Crippen LogP contribution in [0.4, 0.5) is 0 Å². The molecule has 2 fully saturated rings. The van der Waals surface area contributed by atoms with E-state index in [0.29, 0.717) is 24.1 Å². The first-order chi connectivity index (χ1) is 18.0. The molecule has 0 spiro atoms. The zero-order valence-electron chi connectivity index (χ0n) is 21.1. The van der Waals surface area contributed by atoms with Crippen LogP contribution >= 0.6 is 11.3 Å². The summed E-state index contributed by atoms with van der Waals surface area (Å²) in [6.45, 7) is 3.52. The Kier molecular flexibility index (Phi) is 7.98. The van der Waals surface area contributed by atoms with Crippen molar-refractivity contribution in [1.29, 1.82) is 0 Å². The van der Waals surface area contributed by atoms with Crippen LogP contribution in [0.1, 0.15) is 68.7 Å². The van der Waals surface area contributed by atoms with Crippen LogP contribution in [0.3, 0.4) is 0 Å². The molecule has 0 aliphatic carbocycles. The Morgan fingerprint density at radius 1 is 1.14 bits per heavy atom. The Balaban J connectivity index is 1.32. The highest BCUT2D eigenvalue weighted by Crippen LogP contribution is 2.34. The molecule has 2 aliphatic heterocycles. The largest absolute Gasteiger partial charge is 0.389 e. The third-order valence-corrected chi connectivity index (χ3v) is 8.41. The molecule has 3 aromatic rings. The van der Waals surface area contributed by atoms with Crippen LogP contribution in [0.2, 0.25) is 0 Å². The summed E-state index contributed by atoms with van der Waals surface area (Å²) in [6.07, 6.45) is 3.52. The first-order valence-electron chi connectivity index (χ1n) is 13.1. The van der Waals surface area contributed by atoms with Crippen molar-refractivity contribution in [3.63, 3.8) is 0 Å². The molecule has 37 heavy (non-hydrogen) atoms.